The molecule has 0 fully saturated rings. The van der Waals surface area contributed by atoms with Crippen LogP contribution in [0.4, 0.5) is 13.2 Å². The molecule has 1 N–H and O–H groups in total. The second kappa shape index (κ2) is 5.61. The van der Waals surface area contributed by atoms with E-state index in [1.165, 1.54) is 12.1 Å². The lowest BCUT2D eigenvalue weighted by Crippen LogP contribution is -2.41. The third-order valence-electron chi connectivity index (χ3n) is 2.85. The summed E-state index contributed by atoms with van der Waals surface area (Å²) in [6, 6.07) is 5.29. The lowest BCUT2D eigenvalue weighted by Gasteiger charge is -2.30. The molecule has 0 aliphatic rings. The van der Waals surface area contributed by atoms with Crippen LogP contribution < -0.4 is 10.1 Å². The minimum atomic E-state index is -4.40. The van der Waals surface area contributed by atoms with Crippen molar-refractivity contribution in [3.63, 3.8) is 0 Å². The van der Waals surface area contributed by atoms with Gasteiger partial charge in [0.25, 0.3) is 0 Å². The van der Waals surface area contributed by atoms with Crippen LogP contribution in [0.15, 0.2) is 24.3 Å². The number of ether oxygens (including phenoxy) is 1. The van der Waals surface area contributed by atoms with Crippen LogP contribution in [-0.2, 0) is 6.18 Å². The molecule has 18 heavy (non-hydrogen) atoms. The lowest BCUT2D eigenvalue weighted by molar-refractivity contribution is -0.139. The maximum Gasteiger partial charge on any atom is 0.419 e. The molecule has 1 aromatic rings. The van der Waals surface area contributed by atoms with E-state index in [9.17, 15) is 13.2 Å². The Morgan fingerprint density at radius 3 is 2.33 bits per heavy atom. The number of hydrogen-bond acceptors (Lipinski definition) is 2. The number of alkyl halides is 3. The van der Waals surface area contributed by atoms with Gasteiger partial charge in [-0.05, 0) is 32.5 Å². The highest BCUT2D eigenvalue weighted by molar-refractivity contribution is 5.36. The highest BCUT2D eigenvalue weighted by Crippen LogP contribution is 2.37. The predicted octanol–water partition coefficient (Wildman–Crippen LogP) is 3.47. The number of rotatable bonds is 5. The first-order chi connectivity index (χ1) is 8.32. The van der Waals surface area contributed by atoms with Crippen molar-refractivity contribution in [3.8, 4) is 5.75 Å². The van der Waals surface area contributed by atoms with Crippen molar-refractivity contribution in [2.24, 2.45) is 0 Å². The van der Waals surface area contributed by atoms with Crippen LogP contribution in [0.1, 0.15) is 25.8 Å². The molecule has 0 heterocycles. The number of halogens is 3. The molecule has 0 amide bonds. The average molecular weight is 261 g/mol. The summed E-state index contributed by atoms with van der Waals surface area (Å²) in [4.78, 5) is 0. The highest BCUT2D eigenvalue weighted by Gasteiger charge is 2.36. The van der Waals surface area contributed by atoms with Crippen LogP contribution in [-0.4, -0.2) is 19.2 Å². The predicted molar refractivity (Wildman–Crippen MR) is 64.7 cm³/mol. The van der Waals surface area contributed by atoms with E-state index in [1.807, 2.05) is 6.92 Å². The van der Waals surface area contributed by atoms with E-state index < -0.39 is 17.3 Å². The fourth-order valence-corrected chi connectivity index (χ4v) is 1.66. The SMILES string of the molecule is CCC(C)(CNC)Oc1ccccc1C(F)(F)F. The van der Waals surface area contributed by atoms with Gasteiger partial charge in [0, 0.05) is 6.54 Å². The van der Waals surface area contributed by atoms with Crippen molar-refractivity contribution in [2.45, 2.75) is 32.0 Å². The van der Waals surface area contributed by atoms with Crippen LogP contribution >= 0.6 is 0 Å². The molecule has 0 bridgehead atoms. The third-order valence-corrected chi connectivity index (χ3v) is 2.85. The average Bonchev–Trinajstić information content (AvgIpc) is 2.28. The van der Waals surface area contributed by atoms with Crippen LogP contribution in [0.5, 0.6) is 5.75 Å². The van der Waals surface area contributed by atoms with Crippen LogP contribution in [0.25, 0.3) is 0 Å². The lowest BCUT2D eigenvalue weighted by atomic mass is 10.0. The van der Waals surface area contributed by atoms with Gasteiger partial charge in [0.1, 0.15) is 11.4 Å². The molecule has 0 spiro atoms. The van der Waals surface area contributed by atoms with E-state index in [0.29, 0.717) is 13.0 Å². The Balaban J connectivity index is 3.04. The van der Waals surface area contributed by atoms with Crippen molar-refractivity contribution in [1.82, 2.24) is 5.32 Å². The summed E-state index contributed by atoms with van der Waals surface area (Å²) in [6.45, 7) is 4.15. The molecule has 5 heteroatoms. The second-order valence-electron chi connectivity index (χ2n) is 4.43. The number of nitrogens with one attached hydrogen (secondary N) is 1. The van der Waals surface area contributed by atoms with E-state index in [0.717, 1.165) is 6.07 Å². The Morgan fingerprint density at radius 2 is 1.83 bits per heavy atom. The monoisotopic (exact) mass is 261 g/mol. The van der Waals surface area contributed by atoms with Gasteiger partial charge in [0.15, 0.2) is 0 Å². The number of hydrogen-bond donors (Lipinski definition) is 1. The molecule has 1 unspecified atom stereocenters. The summed E-state index contributed by atoms with van der Waals surface area (Å²) in [7, 11) is 1.74. The van der Waals surface area contributed by atoms with Crippen LogP contribution in [0.3, 0.4) is 0 Å². The molecule has 0 saturated heterocycles. The van der Waals surface area contributed by atoms with Gasteiger partial charge in [0.2, 0.25) is 0 Å². The first-order valence-corrected chi connectivity index (χ1v) is 5.82. The molecular formula is C13H18F3NO. The molecule has 1 rings (SSSR count). The van der Waals surface area contributed by atoms with Crippen LogP contribution in [0.2, 0.25) is 0 Å². The molecule has 1 atom stereocenters. The molecule has 102 valence electrons. The molecular weight excluding hydrogens is 243 g/mol. The molecule has 0 aliphatic carbocycles. The van der Waals surface area contributed by atoms with Gasteiger partial charge >= 0.3 is 6.18 Å². The van der Waals surface area contributed by atoms with E-state index >= 15 is 0 Å². The summed E-state index contributed by atoms with van der Waals surface area (Å²) >= 11 is 0. The molecule has 0 saturated carbocycles. The van der Waals surface area contributed by atoms with E-state index in [-0.39, 0.29) is 5.75 Å². The summed E-state index contributed by atoms with van der Waals surface area (Å²) in [5.74, 6) is -0.121. The minimum Gasteiger partial charge on any atom is -0.486 e. The van der Waals surface area contributed by atoms with Crippen LogP contribution in [0, 0.1) is 0 Å². The smallest absolute Gasteiger partial charge is 0.419 e. The van der Waals surface area contributed by atoms with Gasteiger partial charge in [-0.15, -0.1) is 0 Å². The number of benzene rings is 1. The van der Waals surface area contributed by atoms with Gasteiger partial charge in [-0.2, -0.15) is 13.2 Å². The summed E-state index contributed by atoms with van der Waals surface area (Å²) in [5.41, 5.74) is -1.39. The Bertz CT molecular complexity index is 392. The van der Waals surface area contributed by atoms with Crippen molar-refractivity contribution in [3.05, 3.63) is 29.8 Å². The Hall–Kier alpha value is -1.23. The summed E-state index contributed by atoms with van der Waals surface area (Å²) in [5, 5.41) is 2.93. The molecule has 1 aromatic carbocycles. The zero-order valence-electron chi connectivity index (χ0n) is 10.8. The second-order valence-corrected chi connectivity index (χ2v) is 4.43. The fourth-order valence-electron chi connectivity index (χ4n) is 1.66. The maximum atomic E-state index is 12.8. The molecule has 2 nitrogen and oxygen atoms in total. The van der Waals surface area contributed by atoms with E-state index in [4.69, 9.17) is 4.74 Å². The zero-order chi connectivity index (χ0) is 13.8. The van der Waals surface area contributed by atoms with Gasteiger partial charge in [-0.25, -0.2) is 0 Å². The topological polar surface area (TPSA) is 21.3 Å². The zero-order valence-corrected chi connectivity index (χ0v) is 10.8. The molecule has 0 radical (unpaired) electrons. The van der Waals surface area contributed by atoms with Gasteiger partial charge in [-0.3, -0.25) is 0 Å². The summed E-state index contributed by atoms with van der Waals surface area (Å²) < 4.78 is 44.0. The number of para-hydroxylation sites is 1. The normalized spacial score (nSPS) is 15.2. The first kappa shape index (κ1) is 14.8. The van der Waals surface area contributed by atoms with Crippen molar-refractivity contribution >= 4 is 0 Å². The Labute approximate surface area is 105 Å². The largest absolute Gasteiger partial charge is 0.486 e. The van der Waals surface area contributed by atoms with E-state index in [2.05, 4.69) is 5.32 Å². The summed E-state index contributed by atoms with van der Waals surface area (Å²) in [6.07, 6.45) is -3.79. The Kier molecular flexibility index (Phi) is 4.62. The number of likely N-dealkylation sites (N-methyl/N-ethyl adjacent to an activating group) is 1. The van der Waals surface area contributed by atoms with Crippen molar-refractivity contribution < 1.29 is 17.9 Å². The minimum absolute atomic E-state index is 0.121. The van der Waals surface area contributed by atoms with Crippen molar-refractivity contribution in [2.75, 3.05) is 13.6 Å². The Morgan fingerprint density at radius 1 is 1.22 bits per heavy atom. The van der Waals surface area contributed by atoms with Gasteiger partial charge < -0.3 is 10.1 Å². The van der Waals surface area contributed by atoms with Gasteiger partial charge in [0.05, 0.1) is 5.56 Å². The third kappa shape index (κ3) is 3.63. The highest BCUT2D eigenvalue weighted by atomic mass is 19.4. The van der Waals surface area contributed by atoms with Crippen molar-refractivity contribution in [1.29, 1.82) is 0 Å². The fraction of sp³-hybridized carbons (Fsp3) is 0.538. The molecule has 0 aliphatic heterocycles. The first-order valence-electron chi connectivity index (χ1n) is 5.82. The maximum absolute atomic E-state index is 12.8. The molecule has 0 aromatic heterocycles. The quantitative estimate of drug-likeness (QED) is 0.876. The van der Waals surface area contributed by atoms with E-state index in [1.54, 1.807) is 20.0 Å². The standard InChI is InChI=1S/C13H18F3NO/c1-4-12(2,9-17-3)18-11-8-6-5-7-10(11)13(14,15)16/h5-8,17H,4,9H2,1-3H3. The van der Waals surface area contributed by atoms with Gasteiger partial charge in [-0.1, -0.05) is 19.1 Å².